The van der Waals surface area contributed by atoms with Crippen molar-refractivity contribution in [2.24, 2.45) is 16.7 Å². The summed E-state index contributed by atoms with van der Waals surface area (Å²) in [6, 6.07) is -1.22. The van der Waals surface area contributed by atoms with Gasteiger partial charge < -0.3 is 26.2 Å². The fraction of sp³-hybridized carbons (Fsp3) is 0.684. The highest BCUT2D eigenvalue weighted by Crippen LogP contribution is 2.40. The summed E-state index contributed by atoms with van der Waals surface area (Å²) >= 11 is 0. The predicted octanol–water partition coefficient (Wildman–Crippen LogP) is 3.54. The Kier molecular flexibility index (Phi) is 15.6. The minimum absolute atomic E-state index is 0.0333. The fourth-order valence-corrected chi connectivity index (χ4v) is 8.34. The second kappa shape index (κ2) is 19.0. The van der Waals surface area contributed by atoms with Crippen LogP contribution in [0, 0.1) is 16.7 Å². The number of ketones is 1. The third kappa shape index (κ3) is 11.3. The van der Waals surface area contributed by atoms with Crippen LogP contribution in [0.2, 0.25) is 0 Å². The lowest BCUT2D eigenvalue weighted by molar-refractivity contribution is -0.145. The zero-order chi connectivity index (χ0) is 39.6. The Labute approximate surface area is 315 Å². The maximum Gasteiger partial charge on any atom is 0.315 e. The summed E-state index contributed by atoms with van der Waals surface area (Å²) in [7, 11) is -2.45. The summed E-state index contributed by atoms with van der Waals surface area (Å²) in [5, 5.41) is 11.2. The van der Waals surface area contributed by atoms with Crippen LogP contribution in [0.1, 0.15) is 99.3 Å². The molecule has 296 valence electrons. The van der Waals surface area contributed by atoms with Crippen LogP contribution in [-0.2, 0) is 29.2 Å². The zero-order valence-corrected chi connectivity index (χ0v) is 33.4. The minimum Gasteiger partial charge on any atom is -0.346 e. The molecule has 1 unspecified atom stereocenters. The molecule has 0 spiro atoms. The second-order valence-electron chi connectivity index (χ2n) is 16.0. The van der Waals surface area contributed by atoms with Gasteiger partial charge in [0.1, 0.15) is 17.0 Å². The normalized spacial score (nSPS) is 20.5. The van der Waals surface area contributed by atoms with Crippen LogP contribution in [0.5, 0.6) is 0 Å². The molecule has 1 aromatic heterocycles. The summed E-state index contributed by atoms with van der Waals surface area (Å²) in [5.74, 6) is -2.72. The number of nitrogens with zero attached hydrogens (tertiary/aromatic N) is 3. The highest BCUT2D eigenvalue weighted by molar-refractivity contribution is 7.89. The summed E-state index contributed by atoms with van der Waals surface area (Å²) in [6.07, 6.45) is 10.5. The number of likely N-dealkylation sites (N-methyl/N-ethyl adjacent to an activating group) is 1. The summed E-state index contributed by atoms with van der Waals surface area (Å²) in [5.41, 5.74) is -1.19. The number of carbonyl (C=O) groups excluding carboxylic acids is 5. The maximum atomic E-state index is 14.7. The van der Waals surface area contributed by atoms with Crippen LogP contribution in [0.25, 0.3) is 0 Å². The van der Waals surface area contributed by atoms with Gasteiger partial charge in [0.15, 0.2) is 0 Å². The van der Waals surface area contributed by atoms with Gasteiger partial charge in [0, 0.05) is 45.1 Å². The van der Waals surface area contributed by atoms with Crippen LogP contribution in [0.4, 0.5) is 4.79 Å². The molecule has 0 radical (unpaired) electrons. The number of pyridine rings is 1. The molecule has 14 nitrogen and oxygen atoms in total. The monoisotopic (exact) mass is 759 g/mol. The SMILES string of the molecule is C=CCNC(=O)C(=O)C(CCCC)NC(=O)[C@@H]1[C@@H](C)CCN1C(=O)[C@@H](NC(=O)N[C@H](CN(C)S(=O)(=O)c1cccnc1)C(C)(C)C)C1(C)CCCCC1. The van der Waals surface area contributed by atoms with E-state index in [2.05, 4.69) is 32.8 Å². The number of aromatic nitrogens is 1. The van der Waals surface area contributed by atoms with Crippen molar-refractivity contribution < 1.29 is 32.4 Å². The molecule has 1 aromatic rings. The largest absolute Gasteiger partial charge is 0.346 e. The van der Waals surface area contributed by atoms with Gasteiger partial charge >= 0.3 is 6.03 Å². The van der Waals surface area contributed by atoms with Crippen molar-refractivity contribution in [2.45, 2.75) is 128 Å². The number of nitrogens with one attached hydrogen (secondary N) is 4. The van der Waals surface area contributed by atoms with Crippen LogP contribution >= 0.6 is 0 Å². The topological polar surface area (TPSA) is 187 Å². The molecule has 0 aromatic carbocycles. The lowest BCUT2D eigenvalue weighted by Gasteiger charge is -2.43. The third-order valence-electron chi connectivity index (χ3n) is 10.7. The average Bonchev–Trinajstić information content (AvgIpc) is 3.51. The number of carbonyl (C=O) groups is 5. The fourth-order valence-electron chi connectivity index (χ4n) is 7.19. The Morgan fingerprint density at radius 1 is 1.11 bits per heavy atom. The standard InChI is InChI=1S/C38H61N7O7S/c1-9-11-17-28(31(46)34(48)40-21-10-2)41-33(47)30-26(3)18-23-45(30)35(49)32(38(7)19-13-12-14-20-38)43-36(50)42-29(37(4,5)6)25-44(8)53(51,52)27-16-15-22-39-24-27/h10,15-16,22,24,26,28-30,32H,2,9,11-14,17-21,23,25H2,1,3-8H3,(H,40,48)(H,41,47)(H2,42,43,50)/t26-,28?,29+,30-,32+/m0/s1. The smallest absolute Gasteiger partial charge is 0.315 e. The first kappa shape index (κ1) is 43.6. The number of likely N-dealkylation sites (tertiary alicyclic amines) is 1. The number of amides is 5. The first-order valence-electron chi connectivity index (χ1n) is 18.8. The van der Waals surface area contributed by atoms with Crippen LogP contribution in [0.15, 0.2) is 42.1 Å². The molecule has 5 atom stereocenters. The van der Waals surface area contributed by atoms with E-state index in [0.29, 0.717) is 25.7 Å². The predicted molar refractivity (Wildman–Crippen MR) is 203 cm³/mol. The van der Waals surface area contributed by atoms with Gasteiger partial charge in [-0.15, -0.1) is 6.58 Å². The highest BCUT2D eigenvalue weighted by Gasteiger charge is 2.48. The lowest BCUT2D eigenvalue weighted by Crippen LogP contribution is -2.63. The number of hydrogen-bond donors (Lipinski definition) is 4. The van der Waals surface area contributed by atoms with E-state index in [1.807, 2.05) is 41.5 Å². The molecule has 4 N–H and O–H groups in total. The van der Waals surface area contributed by atoms with Crippen molar-refractivity contribution in [3.8, 4) is 0 Å². The molecular weight excluding hydrogens is 699 g/mol. The van der Waals surface area contributed by atoms with Crippen molar-refractivity contribution in [3.05, 3.63) is 37.2 Å². The number of urea groups is 1. The number of hydrogen-bond acceptors (Lipinski definition) is 8. The number of sulfonamides is 1. The van der Waals surface area contributed by atoms with Gasteiger partial charge in [-0.2, -0.15) is 4.31 Å². The lowest BCUT2D eigenvalue weighted by atomic mass is 9.70. The van der Waals surface area contributed by atoms with Crippen LogP contribution in [-0.4, -0.2) is 103 Å². The molecule has 5 amide bonds. The average molecular weight is 760 g/mol. The van der Waals surface area contributed by atoms with E-state index in [1.54, 1.807) is 6.07 Å². The Morgan fingerprint density at radius 3 is 2.38 bits per heavy atom. The van der Waals surface area contributed by atoms with E-state index >= 15 is 0 Å². The Morgan fingerprint density at radius 2 is 1.79 bits per heavy atom. The molecule has 2 fully saturated rings. The van der Waals surface area contributed by atoms with Crippen molar-refractivity contribution >= 4 is 39.6 Å². The van der Waals surface area contributed by atoms with Crippen molar-refractivity contribution in [1.82, 2.24) is 35.5 Å². The molecule has 53 heavy (non-hydrogen) atoms. The van der Waals surface area contributed by atoms with Gasteiger partial charge in [-0.3, -0.25) is 24.2 Å². The molecule has 2 aliphatic rings. The summed E-state index contributed by atoms with van der Waals surface area (Å²) in [4.78, 5) is 73.7. The molecule has 15 heteroatoms. The molecule has 1 aliphatic carbocycles. The van der Waals surface area contributed by atoms with E-state index in [-0.39, 0.29) is 36.9 Å². The molecule has 0 bridgehead atoms. The molecular formula is C38H61N7O7S. The molecule has 1 aliphatic heterocycles. The first-order valence-corrected chi connectivity index (χ1v) is 20.3. The highest BCUT2D eigenvalue weighted by atomic mass is 32.2. The van der Waals surface area contributed by atoms with E-state index in [0.717, 1.165) is 25.7 Å². The van der Waals surface area contributed by atoms with E-state index in [1.165, 1.54) is 40.8 Å². The first-order chi connectivity index (χ1) is 24.9. The Balaban J connectivity index is 1.87. The second-order valence-corrected chi connectivity index (χ2v) is 18.0. The zero-order valence-electron chi connectivity index (χ0n) is 32.6. The molecule has 3 rings (SSSR count). The Hall–Kier alpha value is -3.85. The van der Waals surface area contributed by atoms with E-state index in [9.17, 15) is 32.4 Å². The molecule has 1 saturated heterocycles. The quantitative estimate of drug-likeness (QED) is 0.137. The summed E-state index contributed by atoms with van der Waals surface area (Å²) in [6.45, 7) is 15.4. The van der Waals surface area contributed by atoms with Gasteiger partial charge in [-0.1, -0.05) is 79.7 Å². The Bertz CT molecular complexity index is 1560. The third-order valence-corrected chi connectivity index (χ3v) is 12.5. The number of Topliss-reactive ketones (excluding diaryl/α,β-unsaturated/α-hetero) is 1. The number of unbranched alkanes of at least 4 members (excludes halogenated alkanes) is 1. The van der Waals surface area contributed by atoms with Gasteiger partial charge in [-0.25, -0.2) is 13.2 Å². The van der Waals surface area contributed by atoms with Gasteiger partial charge in [0.05, 0.1) is 6.04 Å². The van der Waals surface area contributed by atoms with Crippen LogP contribution in [0.3, 0.4) is 0 Å². The van der Waals surface area contributed by atoms with Crippen molar-refractivity contribution in [1.29, 1.82) is 0 Å². The van der Waals surface area contributed by atoms with Crippen molar-refractivity contribution in [2.75, 3.05) is 26.7 Å². The van der Waals surface area contributed by atoms with Gasteiger partial charge in [-0.05, 0) is 54.6 Å². The van der Waals surface area contributed by atoms with Crippen LogP contribution < -0.4 is 21.3 Å². The van der Waals surface area contributed by atoms with Crippen molar-refractivity contribution in [3.63, 3.8) is 0 Å². The number of rotatable bonds is 17. The van der Waals surface area contributed by atoms with E-state index < -0.39 is 74.6 Å². The van der Waals surface area contributed by atoms with Gasteiger partial charge in [0.25, 0.3) is 5.91 Å². The molecule has 1 saturated carbocycles. The minimum atomic E-state index is -3.90. The van der Waals surface area contributed by atoms with Gasteiger partial charge in [0.2, 0.25) is 27.6 Å². The molecule has 2 heterocycles. The summed E-state index contributed by atoms with van der Waals surface area (Å²) < 4.78 is 27.8. The maximum absolute atomic E-state index is 14.7. The van der Waals surface area contributed by atoms with E-state index in [4.69, 9.17) is 0 Å².